The summed E-state index contributed by atoms with van der Waals surface area (Å²) in [6.45, 7) is 2.06. The highest BCUT2D eigenvalue weighted by Crippen LogP contribution is 2.18. The van der Waals surface area contributed by atoms with Crippen LogP contribution < -0.4 is 0 Å². The lowest BCUT2D eigenvalue weighted by Crippen LogP contribution is -2.11. The minimum Gasteiger partial charge on any atom is -0.461 e. The summed E-state index contributed by atoms with van der Waals surface area (Å²) >= 11 is 2.73. The molecule has 1 aromatic rings. The highest BCUT2D eigenvalue weighted by molar-refractivity contribution is 7.99. The van der Waals surface area contributed by atoms with Crippen LogP contribution in [-0.4, -0.2) is 40.3 Å². The number of hydrogen-bond acceptors (Lipinski definition) is 7. The number of aromatic nitrogens is 3. The Balaban J connectivity index is 3.02. The Kier molecular flexibility index (Phi) is 4.83. The maximum atomic E-state index is 11.4. The first-order chi connectivity index (χ1) is 7.22. The SMILES string of the molecule is CCOC(=O)c1nnc(SC)nc1SC. The molecule has 0 radical (unpaired) electrons. The largest absolute Gasteiger partial charge is 0.461 e. The highest BCUT2D eigenvalue weighted by atomic mass is 32.2. The molecule has 82 valence electrons. The average molecular weight is 245 g/mol. The van der Waals surface area contributed by atoms with Crippen molar-refractivity contribution < 1.29 is 9.53 Å². The summed E-state index contributed by atoms with van der Waals surface area (Å²) in [5, 5.41) is 8.70. The molecule has 0 fully saturated rings. The smallest absolute Gasteiger partial charge is 0.361 e. The van der Waals surface area contributed by atoms with Crippen LogP contribution in [0, 0.1) is 0 Å². The Labute approximate surface area is 96.4 Å². The van der Waals surface area contributed by atoms with Crippen molar-refractivity contribution in [3.8, 4) is 0 Å². The van der Waals surface area contributed by atoms with Gasteiger partial charge in [0.05, 0.1) is 6.61 Å². The summed E-state index contributed by atoms with van der Waals surface area (Å²) < 4.78 is 4.84. The van der Waals surface area contributed by atoms with Gasteiger partial charge in [0.1, 0.15) is 5.03 Å². The molecule has 0 unspecified atom stereocenters. The molecule has 0 saturated heterocycles. The van der Waals surface area contributed by atoms with Gasteiger partial charge in [0.2, 0.25) is 10.9 Å². The molecule has 0 aliphatic rings. The highest BCUT2D eigenvalue weighted by Gasteiger charge is 2.16. The van der Waals surface area contributed by atoms with E-state index >= 15 is 0 Å². The van der Waals surface area contributed by atoms with Crippen LogP contribution in [0.3, 0.4) is 0 Å². The lowest BCUT2D eigenvalue weighted by molar-refractivity contribution is 0.0511. The number of rotatable bonds is 4. The van der Waals surface area contributed by atoms with Crippen molar-refractivity contribution in [2.24, 2.45) is 0 Å². The quantitative estimate of drug-likeness (QED) is 0.588. The second kappa shape index (κ2) is 5.92. The van der Waals surface area contributed by atoms with Crippen molar-refractivity contribution in [3.63, 3.8) is 0 Å². The van der Waals surface area contributed by atoms with Gasteiger partial charge in [-0.1, -0.05) is 11.8 Å². The summed E-state index contributed by atoms with van der Waals surface area (Å²) in [7, 11) is 0. The molecule has 7 heteroatoms. The minimum absolute atomic E-state index is 0.183. The third kappa shape index (κ3) is 3.07. The molecule has 15 heavy (non-hydrogen) atoms. The van der Waals surface area contributed by atoms with Gasteiger partial charge in [0.25, 0.3) is 0 Å². The molecule has 1 aromatic heterocycles. The van der Waals surface area contributed by atoms with E-state index in [1.807, 2.05) is 12.5 Å². The topological polar surface area (TPSA) is 65.0 Å². The average Bonchev–Trinajstić information content (AvgIpc) is 2.28. The van der Waals surface area contributed by atoms with E-state index < -0.39 is 5.97 Å². The van der Waals surface area contributed by atoms with Crippen molar-refractivity contribution in [2.75, 3.05) is 19.1 Å². The van der Waals surface area contributed by atoms with Crippen LogP contribution in [0.25, 0.3) is 0 Å². The molecule has 0 atom stereocenters. The standard InChI is InChI=1S/C8H11N3O2S2/c1-4-13-7(12)5-6(14-2)9-8(15-3)11-10-5/h4H2,1-3H3. The molecule has 0 amide bonds. The van der Waals surface area contributed by atoms with Crippen molar-refractivity contribution in [3.05, 3.63) is 5.69 Å². The predicted octanol–water partition coefficient (Wildman–Crippen LogP) is 1.49. The predicted molar refractivity (Wildman–Crippen MR) is 59.3 cm³/mol. The lowest BCUT2D eigenvalue weighted by atomic mass is 10.5. The molecule has 0 bridgehead atoms. The third-order valence-corrected chi connectivity index (χ3v) is 2.69. The number of ether oxygens (including phenoxy) is 1. The van der Waals surface area contributed by atoms with Gasteiger partial charge in [-0.2, -0.15) is 0 Å². The van der Waals surface area contributed by atoms with Gasteiger partial charge in [-0.3, -0.25) is 0 Å². The van der Waals surface area contributed by atoms with Crippen LogP contribution in [0.5, 0.6) is 0 Å². The molecule has 5 nitrogen and oxygen atoms in total. The number of thioether (sulfide) groups is 2. The fourth-order valence-electron chi connectivity index (χ4n) is 0.854. The first kappa shape index (κ1) is 12.3. The Morgan fingerprint density at radius 1 is 1.33 bits per heavy atom. The van der Waals surface area contributed by atoms with Crippen LogP contribution in [0.2, 0.25) is 0 Å². The van der Waals surface area contributed by atoms with Gasteiger partial charge < -0.3 is 4.74 Å². The Bertz CT molecular complexity index is 360. The van der Waals surface area contributed by atoms with E-state index in [2.05, 4.69) is 15.2 Å². The van der Waals surface area contributed by atoms with Gasteiger partial charge >= 0.3 is 5.97 Å². The van der Waals surface area contributed by atoms with E-state index in [9.17, 15) is 4.79 Å². The first-order valence-corrected chi connectivity index (χ1v) is 6.67. The van der Waals surface area contributed by atoms with E-state index in [0.717, 1.165) is 0 Å². The van der Waals surface area contributed by atoms with Crippen molar-refractivity contribution >= 4 is 29.5 Å². The van der Waals surface area contributed by atoms with Crippen molar-refractivity contribution in [1.82, 2.24) is 15.2 Å². The molecule has 0 aliphatic heterocycles. The number of carbonyl (C=O) groups excluding carboxylic acids is 1. The second-order valence-corrected chi connectivity index (χ2v) is 3.95. The lowest BCUT2D eigenvalue weighted by Gasteiger charge is -2.04. The third-order valence-electron chi connectivity index (χ3n) is 1.48. The van der Waals surface area contributed by atoms with Crippen LogP contribution in [0.4, 0.5) is 0 Å². The Hall–Kier alpha value is -0.820. The molecule has 0 aliphatic carbocycles. The normalized spacial score (nSPS) is 10.1. The summed E-state index contributed by atoms with van der Waals surface area (Å²) in [6.07, 6.45) is 3.68. The zero-order chi connectivity index (χ0) is 11.3. The molecular weight excluding hydrogens is 234 g/mol. The molecular formula is C8H11N3O2S2. The van der Waals surface area contributed by atoms with Crippen LogP contribution >= 0.6 is 23.5 Å². The maximum absolute atomic E-state index is 11.4. The van der Waals surface area contributed by atoms with E-state index in [4.69, 9.17) is 4.74 Å². The molecule has 1 rings (SSSR count). The molecule has 0 N–H and O–H groups in total. The van der Waals surface area contributed by atoms with Crippen LogP contribution in [0.15, 0.2) is 10.2 Å². The van der Waals surface area contributed by atoms with Gasteiger partial charge in [-0.05, 0) is 19.4 Å². The summed E-state index contributed by atoms with van der Waals surface area (Å²) in [5.74, 6) is -0.477. The summed E-state index contributed by atoms with van der Waals surface area (Å²) in [6, 6.07) is 0. The zero-order valence-electron chi connectivity index (χ0n) is 8.68. The Morgan fingerprint density at radius 2 is 2.07 bits per heavy atom. The van der Waals surface area contributed by atoms with Crippen LogP contribution in [-0.2, 0) is 4.74 Å². The van der Waals surface area contributed by atoms with Gasteiger partial charge in [-0.25, -0.2) is 9.78 Å². The number of nitrogens with zero attached hydrogens (tertiary/aromatic N) is 3. The van der Waals surface area contributed by atoms with E-state index in [-0.39, 0.29) is 5.69 Å². The molecule has 0 aromatic carbocycles. The van der Waals surface area contributed by atoms with Crippen molar-refractivity contribution in [2.45, 2.75) is 17.1 Å². The van der Waals surface area contributed by atoms with E-state index in [1.54, 1.807) is 6.92 Å². The number of esters is 1. The molecule has 1 heterocycles. The van der Waals surface area contributed by atoms with Gasteiger partial charge in [0.15, 0.2) is 0 Å². The van der Waals surface area contributed by atoms with E-state index in [1.165, 1.54) is 23.5 Å². The van der Waals surface area contributed by atoms with E-state index in [0.29, 0.717) is 16.8 Å². The summed E-state index contributed by atoms with van der Waals surface area (Å²) in [5.41, 5.74) is 0.183. The van der Waals surface area contributed by atoms with Gasteiger partial charge in [0, 0.05) is 0 Å². The number of carbonyl (C=O) groups is 1. The van der Waals surface area contributed by atoms with Crippen molar-refractivity contribution in [1.29, 1.82) is 0 Å². The van der Waals surface area contributed by atoms with Crippen LogP contribution in [0.1, 0.15) is 17.4 Å². The minimum atomic E-state index is -0.477. The molecule has 0 saturated carbocycles. The monoisotopic (exact) mass is 245 g/mol. The maximum Gasteiger partial charge on any atom is 0.361 e. The Morgan fingerprint density at radius 3 is 2.60 bits per heavy atom. The van der Waals surface area contributed by atoms with Gasteiger partial charge in [-0.15, -0.1) is 22.0 Å². The fraction of sp³-hybridized carbons (Fsp3) is 0.500. The summed E-state index contributed by atoms with van der Waals surface area (Å²) in [4.78, 5) is 15.6. The second-order valence-electron chi connectivity index (χ2n) is 2.38. The fourth-order valence-corrected chi connectivity index (χ4v) is 1.71. The first-order valence-electron chi connectivity index (χ1n) is 4.22. The molecule has 0 spiro atoms. The number of hydrogen-bond donors (Lipinski definition) is 0. The zero-order valence-corrected chi connectivity index (χ0v) is 10.3.